The molecule has 94 valence electrons. The van der Waals surface area contributed by atoms with Crippen molar-refractivity contribution in [3.05, 3.63) is 42.2 Å². The molecule has 0 aliphatic rings. The lowest BCUT2D eigenvalue weighted by atomic mass is 10.1. The van der Waals surface area contributed by atoms with Crippen LogP contribution in [0, 0.1) is 0 Å². The number of pyridine rings is 1. The van der Waals surface area contributed by atoms with Gasteiger partial charge < -0.3 is 4.90 Å². The van der Waals surface area contributed by atoms with Gasteiger partial charge in [0, 0.05) is 31.1 Å². The summed E-state index contributed by atoms with van der Waals surface area (Å²) < 4.78 is 0. The van der Waals surface area contributed by atoms with Crippen LogP contribution in [-0.4, -0.2) is 35.3 Å². The molecule has 0 aliphatic carbocycles. The van der Waals surface area contributed by atoms with Crippen LogP contribution in [0.4, 0.5) is 0 Å². The summed E-state index contributed by atoms with van der Waals surface area (Å²) in [5.41, 5.74) is 0.505. The lowest BCUT2D eigenvalue weighted by molar-refractivity contribution is 0.0792. The molecule has 1 aromatic heterocycles. The number of aromatic nitrogens is 1. The summed E-state index contributed by atoms with van der Waals surface area (Å²) in [6.45, 7) is 0.646. The zero-order chi connectivity index (χ0) is 13.0. The van der Waals surface area contributed by atoms with Gasteiger partial charge in [-0.1, -0.05) is 24.3 Å². The molecule has 0 bridgehead atoms. The molecule has 18 heavy (non-hydrogen) atoms. The van der Waals surface area contributed by atoms with Crippen molar-refractivity contribution in [1.29, 1.82) is 0 Å². The SMILES string of the molecule is CN(CCCCl)C(=O)c1nccc2ccccc12. The zero-order valence-electron chi connectivity index (χ0n) is 10.3. The fourth-order valence-electron chi connectivity index (χ4n) is 1.87. The van der Waals surface area contributed by atoms with E-state index in [1.54, 1.807) is 18.1 Å². The van der Waals surface area contributed by atoms with E-state index in [0.717, 1.165) is 17.2 Å². The predicted molar refractivity (Wildman–Crippen MR) is 74.0 cm³/mol. The van der Waals surface area contributed by atoms with E-state index in [1.165, 1.54) is 0 Å². The molecule has 0 atom stereocenters. The summed E-state index contributed by atoms with van der Waals surface area (Å²) in [5.74, 6) is 0.498. The number of hydrogen-bond acceptors (Lipinski definition) is 2. The van der Waals surface area contributed by atoms with Crippen LogP contribution in [-0.2, 0) is 0 Å². The monoisotopic (exact) mass is 262 g/mol. The average molecular weight is 263 g/mol. The van der Waals surface area contributed by atoms with E-state index in [0.29, 0.717) is 18.1 Å². The van der Waals surface area contributed by atoms with E-state index in [2.05, 4.69) is 4.98 Å². The highest BCUT2D eigenvalue weighted by atomic mass is 35.5. The van der Waals surface area contributed by atoms with Gasteiger partial charge in [0.05, 0.1) is 0 Å². The standard InChI is InChI=1S/C14H15ClN2O/c1-17(10-4-8-15)14(18)13-12-6-3-2-5-11(12)7-9-16-13/h2-3,5-7,9H,4,8,10H2,1H3. The Bertz CT molecular complexity index is 551. The summed E-state index contributed by atoms with van der Waals surface area (Å²) in [7, 11) is 1.78. The number of carbonyl (C=O) groups excluding carboxylic acids is 1. The summed E-state index contributed by atoms with van der Waals surface area (Å²) in [4.78, 5) is 18.2. The second-order valence-electron chi connectivity index (χ2n) is 4.15. The van der Waals surface area contributed by atoms with Crippen molar-refractivity contribution in [2.75, 3.05) is 19.5 Å². The molecule has 2 rings (SSSR count). The Morgan fingerprint density at radius 3 is 2.89 bits per heavy atom. The Kier molecular flexibility index (Phi) is 4.15. The molecule has 3 nitrogen and oxygen atoms in total. The largest absolute Gasteiger partial charge is 0.340 e. The molecule has 0 saturated carbocycles. The number of halogens is 1. The van der Waals surface area contributed by atoms with Crippen LogP contribution in [0.25, 0.3) is 10.8 Å². The molecular weight excluding hydrogens is 248 g/mol. The number of alkyl halides is 1. The number of benzene rings is 1. The average Bonchev–Trinajstić information content (AvgIpc) is 2.43. The molecule has 1 amide bonds. The van der Waals surface area contributed by atoms with Gasteiger partial charge in [-0.2, -0.15) is 0 Å². The second-order valence-corrected chi connectivity index (χ2v) is 4.53. The Hall–Kier alpha value is -1.61. The minimum atomic E-state index is -0.0584. The molecule has 4 heteroatoms. The fraction of sp³-hybridized carbons (Fsp3) is 0.286. The van der Waals surface area contributed by atoms with Gasteiger partial charge in [0.25, 0.3) is 5.91 Å². The molecule has 0 fully saturated rings. The third kappa shape index (κ3) is 2.62. The molecule has 0 saturated heterocycles. The summed E-state index contributed by atoms with van der Waals surface area (Å²) >= 11 is 5.64. The number of carbonyl (C=O) groups is 1. The van der Waals surface area contributed by atoms with Crippen molar-refractivity contribution in [2.24, 2.45) is 0 Å². The van der Waals surface area contributed by atoms with Crippen LogP contribution in [0.2, 0.25) is 0 Å². The first-order valence-corrected chi connectivity index (χ1v) is 6.42. The van der Waals surface area contributed by atoms with Crippen LogP contribution in [0.3, 0.4) is 0 Å². The topological polar surface area (TPSA) is 33.2 Å². The van der Waals surface area contributed by atoms with E-state index >= 15 is 0 Å². The Morgan fingerprint density at radius 2 is 2.11 bits per heavy atom. The van der Waals surface area contributed by atoms with Gasteiger partial charge in [-0.3, -0.25) is 9.78 Å². The molecule has 1 heterocycles. The highest BCUT2D eigenvalue weighted by Crippen LogP contribution is 2.17. The molecule has 0 radical (unpaired) electrons. The normalized spacial score (nSPS) is 10.6. The van der Waals surface area contributed by atoms with Crippen molar-refractivity contribution in [2.45, 2.75) is 6.42 Å². The van der Waals surface area contributed by atoms with Crippen LogP contribution in [0.15, 0.2) is 36.5 Å². The Morgan fingerprint density at radius 1 is 1.33 bits per heavy atom. The lowest BCUT2D eigenvalue weighted by Gasteiger charge is -2.16. The molecule has 1 aromatic carbocycles. The summed E-state index contributed by atoms with van der Waals surface area (Å²) in [6, 6.07) is 9.68. The van der Waals surface area contributed by atoms with Gasteiger partial charge in [0.2, 0.25) is 0 Å². The van der Waals surface area contributed by atoms with E-state index in [1.807, 2.05) is 30.3 Å². The van der Waals surface area contributed by atoms with Crippen LogP contribution >= 0.6 is 11.6 Å². The van der Waals surface area contributed by atoms with Crippen molar-refractivity contribution >= 4 is 28.3 Å². The third-order valence-corrected chi connectivity index (χ3v) is 3.12. The van der Waals surface area contributed by atoms with E-state index < -0.39 is 0 Å². The Labute approximate surface area is 111 Å². The molecule has 0 unspecified atom stereocenters. The first kappa shape index (κ1) is 12.8. The quantitative estimate of drug-likeness (QED) is 0.794. The molecule has 0 aliphatic heterocycles. The maximum Gasteiger partial charge on any atom is 0.272 e. The van der Waals surface area contributed by atoms with Gasteiger partial charge in [0.1, 0.15) is 5.69 Å². The Balaban J connectivity index is 2.33. The first-order valence-electron chi connectivity index (χ1n) is 5.89. The molecular formula is C14H15ClN2O. The zero-order valence-corrected chi connectivity index (χ0v) is 11.0. The first-order chi connectivity index (χ1) is 8.74. The highest BCUT2D eigenvalue weighted by molar-refractivity contribution is 6.17. The van der Waals surface area contributed by atoms with Gasteiger partial charge >= 0.3 is 0 Å². The number of fused-ring (bicyclic) bond motifs is 1. The maximum absolute atomic E-state index is 12.3. The number of nitrogens with zero attached hydrogens (tertiary/aromatic N) is 2. The van der Waals surface area contributed by atoms with E-state index in [9.17, 15) is 4.79 Å². The van der Waals surface area contributed by atoms with Crippen molar-refractivity contribution < 1.29 is 4.79 Å². The summed E-state index contributed by atoms with van der Waals surface area (Å²) in [6.07, 6.45) is 2.46. The van der Waals surface area contributed by atoms with Crippen molar-refractivity contribution in [3.63, 3.8) is 0 Å². The minimum absolute atomic E-state index is 0.0584. The van der Waals surface area contributed by atoms with Crippen molar-refractivity contribution in [3.8, 4) is 0 Å². The third-order valence-electron chi connectivity index (χ3n) is 2.85. The van der Waals surface area contributed by atoms with Gasteiger partial charge in [-0.15, -0.1) is 11.6 Å². The minimum Gasteiger partial charge on any atom is -0.340 e. The van der Waals surface area contributed by atoms with Crippen LogP contribution < -0.4 is 0 Å². The molecule has 0 spiro atoms. The summed E-state index contributed by atoms with van der Waals surface area (Å²) in [5, 5.41) is 1.92. The predicted octanol–water partition coefficient (Wildman–Crippen LogP) is 2.94. The lowest BCUT2D eigenvalue weighted by Crippen LogP contribution is -2.28. The molecule has 2 aromatic rings. The maximum atomic E-state index is 12.3. The number of hydrogen-bond donors (Lipinski definition) is 0. The highest BCUT2D eigenvalue weighted by Gasteiger charge is 2.15. The van der Waals surface area contributed by atoms with Gasteiger partial charge in [0.15, 0.2) is 0 Å². The van der Waals surface area contributed by atoms with Crippen LogP contribution in [0.1, 0.15) is 16.9 Å². The fourth-order valence-corrected chi connectivity index (χ4v) is 1.99. The van der Waals surface area contributed by atoms with E-state index in [4.69, 9.17) is 11.6 Å². The van der Waals surface area contributed by atoms with Gasteiger partial charge in [-0.05, 0) is 17.9 Å². The van der Waals surface area contributed by atoms with Crippen molar-refractivity contribution in [1.82, 2.24) is 9.88 Å². The number of amides is 1. The molecule has 0 N–H and O–H groups in total. The van der Waals surface area contributed by atoms with E-state index in [-0.39, 0.29) is 5.91 Å². The number of rotatable bonds is 4. The van der Waals surface area contributed by atoms with Crippen LogP contribution in [0.5, 0.6) is 0 Å². The smallest absolute Gasteiger partial charge is 0.272 e. The van der Waals surface area contributed by atoms with Gasteiger partial charge in [-0.25, -0.2) is 0 Å². The second kappa shape index (κ2) is 5.83.